The summed E-state index contributed by atoms with van der Waals surface area (Å²) in [5.41, 5.74) is 0. The zero-order valence-corrected chi connectivity index (χ0v) is 12.7. The topological polar surface area (TPSA) is 72.9 Å². The van der Waals surface area contributed by atoms with Crippen LogP contribution in [0.5, 0.6) is 0 Å². The predicted octanol–water partition coefficient (Wildman–Crippen LogP) is 0.672. The number of carbonyl (C=O) groups excluding carboxylic acids is 3. The molecule has 1 fully saturated rings. The monoisotopic (exact) mass is 305 g/mol. The molecule has 1 amide bonds. The fourth-order valence-electron chi connectivity index (χ4n) is 2.42. The summed E-state index contributed by atoms with van der Waals surface area (Å²) in [5, 5.41) is 0. The second kappa shape index (κ2) is 7.47. The minimum atomic E-state index is -1.24. The molecule has 20 heavy (non-hydrogen) atoms. The van der Waals surface area contributed by atoms with Crippen molar-refractivity contribution in [1.29, 1.82) is 0 Å². The van der Waals surface area contributed by atoms with Crippen molar-refractivity contribution in [2.75, 3.05) is 32.7 Å². The lowest BCUT2D eigenvalue weighted by molar-refractivity contribution is -0.167. The van der Waals surface area contributed by atoms with E-state index in [9.17, 15) is 14.4 Å². The molecule has 6 nitrogen and oxygen atoms in total. The number of halogens is 1. The second-order valence-electron chi connectivity index (χ2n) is 4.64. The van der Waals surface area contributed by atoms with Crippen LogP contribution in [0.1, 0.15) is 13.8 Å². The first-order valence-electron chi connectivity index (χ1n) is 6.62. The normalized spacial score (nSPS) is 22.2. The minimum absolute atomic E-state index is 0.136. The van der Waals surface area contributed by atoms with Crippen LogP contribution in [0.4, 0.5) is 0 Å². The van der Waals surface area contributed by atoms with Gasteiger partial charge in [0.1, 0.15) is 0 Å². The predicted molar refractivity (Wildman–Crippen MR) is 72.1 cm³/mol. The van der Waals surface area contributed by atoms with Crippen molar-refractivity contribution in [2.45, 2.75) is 13.8 Å². The number of amides is 1. The van der Waals surface area contributed by atoms with Gasteiger partial charge in [0, 0.05) is 25.4 Å². The average molecular weight is 306 g/mol. The quantitative estimate of drug-likeness (QED) is 0.410. The Labute approximate surface area is 123 Å². The summed E-state index contributed by atoms with van der Waals surface area (Å²) in [6, 6.07) is 0. The summed E-state index contributed by atoms with van der Waals surface area (Å²) < 4.78 is 9.81. The Morgan fingerprint density at radius 1 is 1.30 bits per heavy atom. The first-order valence-corrected chi connectivity index (χ1v) is 7.15. The van der Waals surface area contributed by atoms with Gasteiger partial charge in [0.05, 0.1) is 19.1 Å². The Morgan fingerprint density at radius 3 is 2.20 bits per heavy atom. The van der Waals surface area contributed by atoms with Crippen LogP contribution < -0.4 is 0 Å². The molecule has 0 bridgehead atoms. The van der Waals surface area contributed by atoms with Crippen LogP contribution in [-0.4, -0.2) is 55.4 Å². The number of likely N-dealkylation sites (tertiary alicyclic amines) is 1. The number of rotatable bonds is 6. The van der Waals surface area contributed by atoms with Gasteiger partial charge in [0.25, 0.3) is 0 Å². The van der Waals surface area contributed by atoms with Gasteiger partial charge in [-0.15, -0.1) is 11.6 Å². The number of ether oxygens (including phenoxy) is 2. The number of hydrogen-bond acceptors (Lipinski definition) is 5. The molecule has 0 aromatic heterocycles. The number of nitrogens with zero attached hydrogens (tertiary/aromatic N) is 1. The Balaban J connectivity index is 3.04. The van der Waals surface area contributed by atoms with Crippen LogP contribution >= 0.6 is 11.6 Å². The van der Waals surface area contributed by atoms with E-state index >= 15 is 0 Å². The molecule has 1 saturated heterocycles. The van der Waals surface area contributed by atoms with Crippen LogP contribution in [0.3, 0.4) is 0 Å². The molecule has 0 saturated carbocycles. The van der Waals surface area contributed by atoms with Gasteiger partial charge in [-0.1, -0.05) is 0 Å². The highest BCUT2D eigenvalue weighted by atomic mass is 35.5. The molecule has 0 radical (unpaired) electrons. The molecule has 1 aliphatic rings. The van der Waals surface area contributed by atoms with Crippen molar-refractivity contribution in [3.63, 3.8) is 0 Å². The third kappa shape index (κ3) is 3.42. The van der Waals surface area contributed by atoms with E-state index in [0.29, 0.717) is 6.54 Å². The molecular formula is C13H20ClNO5. The third-order valence-corrected chi connectivity index (χ3v) is 3.71. The molecule has 114 valence electrons. The molecular weight excluding hydrogens is 286 g/mol. The second-order valence-corrected chi connectivity index (χ2v) is 4.95. The molecule has 0 spiro atoms. The van der Waals surface area contributed by atoms with Gasteiger partial charge in [0.2, 0.25) is 5.91 Å². The summed E-state index contributed by atoms with van der Waals surface area (Å²) in [4.78, 5) is 37.7. The summed E-state index contributed by atoms with van der Waals surface area (Å²) in [6.07, 6.45) is 0. The molecule has 0 N–H and O–H groups in total. The van der Waals surface area contributed by atoms with Crippen molar-refractivity contribution in [1.82, 2.24) is 4.90 Å². The van der Waals surface area contributed by atoms with Gasteiger partial charge in [0.15, 0.2) is 5.92 Å². The van der Waals surface area contributed by atoms with E-state index in [0.717, 1.165) is 0 Å². The molecule has 1 heterocycles. The lowest BCUT2D eigenvalue weighted by atomic mass is 9.84. The van der Waals surface area contributed by atoms with Crippen molar-refractivity contribution < 1.29 is 23.9 Å². The van der Waals surface area contributed by atoms with Crippen molar-refractivity contribution in [2.24, 2.45) is 17.8 Å². The van der Waals surface area contributed by atoms with E-state index in [2.05, 4.69) is 0 Å². The molecule has 0 aromatic rings. The van der Waals surface area contributed by atoms with Crippen LogP contribution in [0.2, 0.25) is 0 Å². The van der Waals surface area contributed by atoms with E-state index in [1.54, 1.807) is 20.9 Å². The first kappa shape index (κ1) is 16.8. The van der Waals surface area contributed by atoms with Gasteiger partial charge in [-0.2, -0.15) is 0 Å². The number of carbonyl (C=O) groups is 3. The standard InChI is InChI=1S/C13H20ClNO5/c1-4-19-12(17)10(13(18)20-5-2)9-8(6-14)7-15(3)11(9)16/h8-10H,4-7H2,1-3H3. The summed E-state index contributed by atoms with van der Waals surface area (Å²) >= 11 is 5.86. The maximum absolute atomic E-state index is 12.2. The molecule has 0 aromatic carbocycles. The zero-order chi connectivity index (χ0) is 15.3. The van der Waals surface area contributed by atoms with Crippen LogP contribution in [-0.2, 0) is 23.9 Å². The van der Waals surface area contributed by atoms with Gasteiger partial charge < -0.3 is 14.4 Å². The van der Waals surface area contributed by atoms with Crippen molar-refractivity contribution in [3.05, 3.63) is 0 Å². The summed E-state index contributed by atoms with van der Waals surface area (Å²) in [5.74, 6) is -3.86. The lowest BCUT2D eigenvalue weighted by Crippen LogP contribution is -2.40. The van der Waals surface area contributed by atoms with E-state index in [1.807, 2.05) is 0 Å². The summed E-state index contributed by atoms with van der Waals surface area (Å²) in [7, 11) is 1.62. The number of esters is 2. The average Bonchev–Trinajstić information content (AvgIpc) is 2.68. The van der Waals surface area contributed by atoms with Crippen LogP contribution in [0.25, 0.3) is 0 Å². The first-order chi connectivity index (χ1) is 9.47. The number of alkyl halides is 1. The van der Waals surface area contributed by atoms with E-state index in [4.69, 9.17) is 21.1 Å². The molecule has 0 aliphatic carbocycles. The molecule has 7 heteroatoms. The fourth-order valence-corrected chi connectivity index (χ4v) is 2.71. The van der Waals surface area contributed by atoms with E-state index < -0.39 is 23.8 Å². The van der Waals surface area contributed by atoms with Crippen LogP contribution in [0.15, 0.2) is 0 Å². The van der Waals surface area contributed by atoms with Crippen LogP contribution in [0, 0.1) is 17.8 Å². The molecule has 1 aliphatic heterocycles. The maximum Gasteiger partial charge on any atom is 0.321 e. The van der Waals surface area contributed by atoms with E-state index in [-0.39, 0.29) is 30.9 Å². The third-order valence-electron chi connectivity index (χ3n) is 3.32. The minimum Gasteiger partial charge on any atom is -0.465 e. The van der Waals surface area contributed by atoms with Gasteiger partial charge in [-0.05, 0) is 13.8 Å². The SMILES string of the molecule is CCOC(=O)C(C(=O)OCC)C1C(=O)N(C)CC1CCl. The Hall–Kier alpha value is -1.30. The Kier molecular flexibility index (Phi) is 6.26. The molecule has 2 unspecified atom stereocenters. The molecule has 2 atom stereocenters. The highest BCUT2D eigenvalue weighted by Crippen LogP contribution is 2.33. The van der Waals surface area contributed by atoms with Gasteiger partial charge >= 0.3 is 11.9 Å². The lowest BCUT2D eigenvalue weighted by Gasteiger charge is -2.22. The summed E-state index contributed by atoms with van der Waals surface area (Å²) in [6.45, 7) is 3.97. The Bertz CT molecular complexity index is 369. The maximum atomic E-state index is 12.2. The largest absolute Gasteiger partial charge is 0.465 e. The highest BCUT2D eigenvalue weighted by Gasteiger charge is 2.50. The van der Waals surface area contributed by atoms with Crippen molar-refractivity contribution in [3.8, 4) is 0 Å². The van der Waals surface area contributed by atoms with Crippen molar-refractivity contribution >= 4 is 29.4 Å². The zero-order valence-electron chi connectivity index (χ0n) is 11.9. The van der Waals surface area contributed by atoms with E-state index in [1.165, 1.54) is 4.90 Å². The molecule has 1 rings (SSSR count). The smallest absolute Gasteiger partial charge is 0.321 e. The van der Waals surface area contributed by atoms with Gasteiger partial charge in [-0.25, -0.2) is 0 Å². The van der Waals surface area contributed by atoms with Gasteiger partial charge in [-0.3, -0.25) is 14.4 Å². The number of hydrogen-bond donors (Lipinski definition) is 0. The fraction of sp³-hybridized carbons (Fsp3) is 0.769. The highest BCUT2D eigenvalue weighted by molar-refractivity contribution is 6.18. The Morgan fingerprint density at radius 2 is 1.80 bits per heavy atom.